The van der Waals surface area contributed by atoms with Gasteiger partial charge in [0.25, 0.3) is 0 Å². The molecule has 0 saturated carbocycles. The quantitative estimate of drug-likeness (QED) is 0.455. The fourth-order valence-electron chi connectivity index (χ4n) is 3.90. The lowest BCUT2D eigenvalue weighted by Gasteiger charge is -2.19. The van der Waals surface area contributed by atoms with Crippen molar-refractivity contribution in [3.63, 3.8) is 0 Å². The molecule has 2 aromatic carbocycles. The minimum Gasteiger partial charge on any atom is -0.490 e. The van der Waals surface area contributed by atoms with Gasteiger partial charge in [-0.05, 0) is 49.1 Å². The van der Waals surface area contributed by atoms with Crippen LogP contribution in [0.25, 0.3) is 0 Å². The van der Waals surface area contributed by atoms with E-state index in [1.165, 1.54) is 6.07 Å². The molecule has 1 atom stereocenters. The molecular formula is C26H28F2N4O3. The highest BCUT2D eigenvalue weighted by molar-refractivity contribution is 5.73. The van der Waals surface area contributed by atoms with Gasteiger partial charge >= 0.3 is 6.03 Å². The van der Waals surface area contributed by atoms with Crippen LogP contribution < -0.4 is 25.0 Å². The number of hydrogen-bond donors (Lipinski definition) is 2. The Labute approximate surface area is 203 Å². The van der Waals surface area contributed by atoms with Gasteiger partial charge in [-0.2, -0.15) is 0 Å². The van der Waals surface area contributed by atoms with E-state index in [4.69, 9.17) is 9.47 Å². The van der Waals surface area contributed by atoms with E-state index in [9.17, 15) is 13.6 Å². The number of halogens is 2. The number of pyridine rings is 1. The second-order valence-corrected chi connectivity index (χ2v) is 8.25. The summed E-state index contributed by atoms with van der Waals surface area (Å²) in [6, 6.07) is 14.6. The van der Waals surface area contributed by atoms with Crippen LogP contribution >= 0.6 is 0 Å². The second kappa shape index (κ2) is 11.5. The number of carbonyl (C=O) groups is 1. The average molecular weight is 483 g/mol. The lowest BCUT2D eigenvalue weighted by molar-refractivity contribution is 0.239. The molecular weight excluding hydrogens is 454 g/mol. The molecule has 2 amide bonds. The normalized spacial score (nSPS) is 15.1. The molecule has 1 aromatic heterocycles. The SMILES string of the molecule is CCOc1ccccc1Oc1ccc(CNC(=O)NCC2CCN(c3ccc(F)c(F)c3)C2)cn1. The van der Waals surface area contributed by atoms with Gasteiger partial charge in [0.2, 0.25) is 5.88 Å². The molecule has 0 bridgehead atoms. The van der Waals surface area contributed by atoms with Crippen LogP contribution in [-0.2, 0) is 6.54 Å². The van der Waals surface area contributed by atoms with Gasteiger partial charge in [0, 0.05) is 50.2 Å². The van der Waals surface area contributed by atoms with E-state index < -0.39 is 11.6 Å². The van der Waals surface area contributed by atoms with Gasteiger partial charge in [-0.25, -0.2) is 18.6 Å². The Kier molecular flexibility index (Phi) is 7.97. The number of anilines is 1. The molecule has 184 valence electrons. The van der Waals surface area contributed by atoms with Gasteiger partial charge in [0.15, 0.2) is 23.1 Å². The summed E-state index contributed by atoms with van der Waals surface area (Å²) >= 11 is 0. The molecule has 1 saturated heterocycles. The van der Waals surface area contributed by atoms with Crippen LogP contribution in [0.1, 0.15) is 18.9 Å². The molecule has 9 heteroatoms. The molecule has 4 rings (SSSR count). The number of urea groups is 1. The Balaban J connectivity index is 1.20. The highest BCUT2D eigenvalue weighted by Crippen LogP contribution is 2.30. The summed E-state index contributed by atoms with van der Waals surface area (Å²) in [5.74, 6) is 0.181. The summed E-state index contributed by atoms with van der Waals surface area (Å²) in [5, 5.41) is 5.70. The predicted octanol–water partition coefficient (Wildman–Crippen LogP) is 4.88. The topological polar surface area (TPSA) is 75.7 Å². The standard InChI is InChI=1S/C26H28F2N4O3/c1-2-34-23-5-3-4-6-24(23)35-25-10-7-18(14-29-25)15-30-26(33)31-16-19-11-12-32(17-19)20-8-9-21(27)22(28)13-20/h3-10,13-14,19H,2,11-12,15-17H2,1H3,(H2,30,31,33). The molecule has 1 fully saturated rings. The molecule has 0 aliphatic carbocycles. The first-order chi connectivity index (χ1) is 17.0. The molecule has 7 nitrogen and oxygen atoms in total. The number of aromatic nitrogens is 1. The fourth-order valence-corrected chi connectivity index (χ4v) is 3.90. The monoisotopic (exact) mass is 482 g/mol. The molecule has 0 radical (unpaired) electrons. The first kappa shape index (κ1) is 24.3. The van der Waals surface area contributed by atoms with Gasteiger partial charge < -0.3 is 25.0 Å². The van der Waals surface area contributed by atoms with Crippen molar-refractivity contribution in [2.75, 3.05) is 31.1 Å². The smallest absolute Gasteiger partial charge is 0.315 e. The van der Waals surface area contributed by atoms with E-state index >= 15 is 0 Å². The van der Waals surface area contributed by atoms with Crippen molar-refractivity contribution in [3.8, 4) is 17.4 Å². The van der Waals surface area contributed by atoms with Crippen LogP contribution in [0.15, 0.2) is 60.8 Å². The van der Waals surface area contributed by atoms with Crippen LogP contribution in [0, 0.1) is 17.6 Å². The van der Waals surface area contributed by atoms with E-state index in [0.29, 0.717) is 49.3 Å². The zero-order chi connectivity index (χ0) is 24.6. The van der Waals surface area contributed by atoms with Crippen LogP contribution in [0.3, 0.4) is 0 Å². The minimum atomic E-state index is -0.855. The molecule has 2 N–H and O–H groups in total. The summed E-state index contributed by atoms with van der Waals surface area (Å²) in [6.45, 7) is 4.66. The molecule has 35 heavy (non-hydrogen) atoms. The van der Waals surface area contributed by atoms with Crippen LogP contribution in [0.2, 0.25) is 0 Å². The average Bonchev–Trinajstić information content (AvgIpc) is 3.34. The van der Waals surface area contributed by atoms with E-state index in [1.807, 2.05) is 42.2 Å². The number of ether oxygens (including phenoxy) is 2. The van der Waals surface area contributed by atoms with Crippen LogP contribution in [0.5, 0.6) is 17.4 Å². The highest BCUT2D eigenvalue weighted by atomic mass is 19.2. The van der Waals surface area contributed by atoms with Crippen molar-refractivity contribution in [3.05, 3.63) is 78.0 Å². The molecule has 3 aromatic rings. The van der Waals surface area contributed by atoms with Crippen molar-refractivity contribution in [2.45, 2.75) is 19.9 Å². The van der Waals surface area contributed by atoms with E-state index in [2.05, 4.69) is 15.6 Å². The van der Waals surface area contributed by atoms with Crippen LogP contribution in [-0.4, -0.2) is 37.3 Å². The maximum atomic E-state index is 13.5. The number of para-hydroxylation sites is 2. The summed E-state index contributed by atoms with van der Waals surface area (Å²) < 4.78 is 38.0. The van der Waals surface area contributed by atoms with Crippen LogP contribution in [0.4, 0.5) is 19.3 Å². The summed E-state index contributed by atoms with van der Waals surface area (Å²) in [4.78, 5) is 18.5. The number of hydrogen-bond acceptors (Lipinski definition) is 5. The number of nitrogens with zero attached hydrogens (tertiary/aromatic N) is 2. The maximum Gasteiger partial charge on any atom is 0.315 e. The van der Waals surface area contributed by atoms with Crippen molar-refractivity contribution in [1.82, 2.24) is 15.6 Å². The van der Waals surface area contributed by atoms with Crippen molar-refractivity contribution >= 4 is 11.7 Å². The molecule has 2 heterocycles. The zero-order valence-corrected chi connectivity index (χ0v) is 19.5. The number of benzene rings is 2. The third-order valence-electron chi connectivity index (χ3n) is 5.72. The van der Waals surface area contributed by atoms with E-state index in [0.717, 1.165) is 24.6 Å². The fraction of sp³-hybridized carbons (Fsp3) is 0.308. The first-order valence-corrected chi connectivity index (χ1v) is 11.6. The summed E-state index contributed by atoms with van der Waals surface area (Å²) in [7, 11) is 0. The van der Waals surface area contributed by atoms with Gasteiger partial charge in [-0.15, -0.1) is 0 Å². The molecule has 1 aliphatic heterocycles. The lowest BCUT2D eigenvalue weighted by Crippen LogP contribution is -2.38. The van der Waals surface area contributed by atoms with Crippen molar-refractivity contribution in [1.29, 1.82) is 0 Å². The van der Waals surface area contributed by atoms with E-state index in [1.54, 1.807) is 18.3 Å². The molecule has 1 aliphatic rings. The highest BCUT2D eigenvalue weighted by Gasteiger charge is 2.23. The number of nitrogens with one attached hydrogen (secondary N) is 2. The number of amides is 2. The maximum absolute atomic E-state index is 13.5. The Morgan fingerprint density at radius 3 is 2.66 bits per heavy atom. The van der Waals surface area contributed by atoms with Gasteiger partial charge in [-0.3, -0.25) is 0 Å². The second-order valence-electron chi connectivity index (χ2n) is 8.25. The van der Waals surface area contributed by atoms with Crippen molar-refractivity contribution < 1.29 is 23.0 Å². The summed E-state index contributed by atoms with van der Waals surface area (Å²) in [6.07, 6.45) is 2.51. The zero-order valence-electron chi connectivity index (χ0n) is 19.5. The predicted molar refractivity (Wildman–Crippen MR) is 129 cm³/mol. The molecule has 1 unspecified atom stereocenters. The van der Waals surface area contributed by atoms with Gasteiger partial charge in [0.1, 0.15) is 0 Å². The number of carbonyl (C=O) groups excluding carboxylic acids is 1. The number of rotatable bonds is 9. The molecule has 0 spiro atoms. The third-order valence-corrected chi connectivity index (χ3v) is 5.72. The Morgan fingerprint density at radius 1 is 1.09 bits per heavy atom. The first-order valence-electron chi connectivity index (χ1n) is 11.6. The Morgan fingerprint density at radius 2 is 1.91 bits per heavy atom. The Hall–Kier alpha value is -3.88. The minimum absolute atomic E-state index is 0.228. The third kappa shape index (κ3) is 6.59. The lowest BCUT2D eigenvalue weighted by atomic mass is 10.1. The van der Waals surface area contributed by atoms with Gasteiger partial charge in [0.05, 0.1) is 6.61 Å². The van der Waals surface area contributed by atoms with Crippen molar-refractivity contribution in [2.24, 2.45) is 5.92 Å². The van der Waals surface area contributed by atoms with E-state index in [-0.39, 0.29) is 11.9 Å². The summed E-state index contributed by atoms with van der Waals surface area (Å²) in [5.41, 5.74) is 1.48. The van der Waals surface area contributed by atoms with Gasteiger partial charge in [-0.1, -0.05) is 18.2 Å². The largest absolute Gasteiger partial charge is 0.490 e. The Bertz CT molecular complexity index is 1140.